The normalized spacial score (nSPS) is 10.5. The number of benzene rings is 1. The fourth-order valence-electron chi connectivity index (χ4n) is 2.21. The van der Waals surface area contributed by atoms with Gasteiger partial charge in [-0.1, -0.05) is 18.2 Å². The minimum absolute atomic E-state index is 0.174. The Morgan fingerprint density at radius 1 is 1.30 bits per heavy atom. The first-order valence-corrected chi connectivity index (χ1v) is 6.60. The predicted octanol–water partition coefficient (Wildman–Crippen LogP) is 1.95. The molecule has 0 unspecified atom stereocenters. The number of hydrogen-bond acceptors (Lipinski definition) is 3. The van der Waals surface area contributed by atoms with Gasteiger partial charge >= 0.3 is 5.97 Å². The molecule has 0 atom stereocenters. The third-order valence-electron chi connectivity index (χ3n) is 3.20. The summed E-state index contributed by atoms with van der Waals surface area (Å²) in [6.07, 6.45) is 0.175. The molecule has 0 bridgehead atoms. The number of aromatic nitrogens is 1. The van der Waals surface area contributed by atoms with Crippen molar-refractivity contribution in [1.82, 2.24) is 9.88 Å². The van der Waals surface area contributed by atoms with Gasteiger partial charge in [-0.2, -0.15) is 0 Å². The van der Waals surface area contributed by atoms with Crippen LogP contribution < -0.4 is 5.32 Å². The molecular formula is C15H18N2O3. The van der Waals surface area contributed by atoms with Crippen molar-refractivity contribution < 1.29 is 14.3 Å². The summed E-state index contributed by atoms with van der Waals surface area (Å²) < 4.78 is 6.50. The maximum atomic E-state index is 12.2. The van der Waals surface area contributed by atoms with E-state index in [1.165, 1.54) is 7.11 Å². The number of amides is 1. The molecule has 2 rings (SSSR count). The molecular weight excluding hydrogens is 256 g/mol. The van der Waals surface area contributed by atoms with Crippen molar-refractivity contribution in [2.75, 3.05) is 13.7 Å². The van der Waals surface area contributed by atoms with Crippen molar-refractivity contribution in [3.8, 4) is 0 Å². The van der Waals surface area contributed by atoms with E-state index in [9.17, 15) is 9.59 Å². The van der Waals surface area contributed by atoms with E-state index in [1.807, 2.05) is 41.8 Å². The quantitative estimate of drug-likeness (QED) is 0.848. The van der Waals surface area contributed by atoms with Gasteiger partial charge in [0.25, 0.3) is 5.91 Å². The summed E-state index contributed by atoms with van der Waals surface area (Å²) in [4.78, 5) is 23.2. The average Bonchev–Trinajstić information content (AvgIpc) is 2.85. The fraction of sp³-hybridized carbons (Fsp3) is 0.333. The van der Waals surface area contributed by atoms with Crippen LogP contribution in [-0.4, -0.2) is 30.1 Å². The number of fused-ring (bicyclic) bond motifs is 1. The van der Waals surface area contributed by atoms with Crippen LogP contribution in [0.25, 0.3) is 10.9 Å². The SMILES string of the molecule is CCn1c(C(=O)NCCC(=O)OC)cc2ccccc21. The first kappa shape index (κ1) is 14.1. The third kappa shape index (κ3) is 2.82. The molecule has 0 aliphatic heterocycles. The Morgan fingerprint density at radius 2 is 2.05 bits per heavy atom. The van der Waals surface area contributed by atoms with Crippen molar-refractivity contribution in [3.63, 3.8) is 0 Å². The summed E-state index contributed by atoms with van der Waals surface area (Å²) in [6.45, 7) is 2.99. The molecule has 0 saturated carbocycles. The maximum Gasteiger partial charge on any atom is 0.307 e. The highest BCUT2D eigenvalue weighted by Crippen LogP contribution is 2.19. The van der Waals surface area contributed by atoms with E-state index in [2.05, 4.69) is 10.1 Å². The molecule has 1 N–H and O–H groups in total. The molecule has 0 aliphatic carbocycles. The van der Waals surface area contributed by atoms with Crippen molar-refractivity contribution >= 4 is 22.8 Å². The van der Waals surface area contributed by atoms with E-state index in [0.29, 0.717) is 12.2 Å². The molecule has 0 saturated heterocycles. The first-order chi connectivity index (χ1) is 9.67. The Kier molecular flexibility index (Phi) is 4.40. The number of carbonyl (C=O) groups is 2. The summed E-state index contributed by atoms with van der Waals surface area (Å²) in [5, 5.41) is 3.77. The van der Waals surface area contributed by atoms with E-state index in [4.69, 9.17) is 0 Å². The lowest BCUT2D eigenvalue weighted by molar-refractivity contribution is -0.140. The van der Waals surface area contributed by atoms with Crippen molar-refractivity contribution in [2.45, 2.75) is 19.9 Å². The number of ether oxygens (including phenoxy) is 1. The number of carbonyl (C=O) groups excluding carboxylic acids is 2. The van der Waals surface area contributed by atoms with Gasteiger partial charge in [0.1, 0.15) is 5.69 Å². The molecule has 1 aromatic carbocycles. The molecule has 1 amide bonds. The number of nitrogens with zero attached hydrogens (tertiary/aromatic N) is 1. The van der Waals surface area contributed by atoms with Crippen LogP contribution in [0.3, 0.4) is 0 Å². The van der Waals surface area contributed by atoms with E-state index in [0.717, 1.165) is 10.9 Å². The zero-order valence-electron chi connectivity index (χ0n) is 11.7. The van der Waals surface area contributed by atoms with Crippen LogP contribution in [0.1, 0.15) is 23.8 Å². The van der Waals surface area contributed by atoms with Gasteiger partial charge in [0.2, 0.25) is 0 Å². The van der Waals surface area contributed by atoms with Crippen LogP contribution >= 0.6 is 0 Å². The van der Waals surface area contributed by atoms with Crippen LogP contribution in [0, 0.1) is 0 Å². The standard InChI is InChI=1S/C15H18N2O3/c1-3-17-12-7-5-4-6-11(12)10-13(17)15(19)16-9-8-14(18)20-2/h4-7,10H,3,8-9H2,1-2H3,(H,16,19). The molecule has 20 heavy (non-hydrogen) atoms. The number of esters is 1. The van der Waals surface area contributed by atoms with Crippen LogP contribution in [0.5, 0.6) is 0 Å². The maximum absolute atomic E-state index is 12.2. The predicted molar refractivity (Wildman–Crippen MR) is 76.6 cm³/mol. The number of hydrogen-bond donors (Lipinski definition) is 1. The number of rotatable bonds is 5. The van der Waals surface area contributed by atoms with Gasteiger partial charge in [0.05, 0.1) is 13.5 Å². The zero-order valence-corrected chi connectivity index (χ0v) is 11.7. The Balaban J connectivity index is 2.15. The molecule has 2 aromatic rings. The number of aryl methyl sites for hydroxylation is 1. The second-order valence-corrected chi connectivity index (χ2v) is 4.41. The minimum Gasteiger partial charge on any atom is -0.469 e. The van der Waals surface area contributed by atoms with Gasteiger partial charge in [-0.25, -0.2) is 0 Å². The van der Waals surface area contributed by atoms with E-state index >= 15 is 0 Å². The molecule has 0 aliphatic rings. The van der Waals surface area contributed by atoms with Gasteiger partial charge in [0.15, 0.2) is 0 Å². The molecule has 1 heterocycles. The van der Waals surface area contributed by atoms with Crippen LogP contribution in [0.4, 0.5) is 0 Å². The highest BCUT2D eigenvalue weighted by Gasteiger charge is 2.14. The summed E-state index contributed by atoms with van der Waals surface area (Å²) in [5.41, 5.74) is 1.65. The van der Waals surface area contributed by atoms with Gasteiger partial charge in [-0.3, -0.25) is 9.59 Å². The second kappa shape index (κ2) is 6.23. The van der Waals surface area contributed by atoms with Gasteiger partial charge in [-0.15, -0.1) is 0 Å². The lowest BCUT2D eigenvalue weighted by Gasteiger charge is -2.08. The number of para-hydroxylation sites is 1. The molecule has 0 radical (unpaired) electrons. The summed E-state index contributed by atoms with van der Waals surface area (Å²) >= 11 is 0. The highest BCUT2D eigenvalue weighted by atomic mass is 16.5. The molecule has 5 nitrogen and oxygen atoms in total. The van der Waals surface area contributed by atoms with Crippen molar-refractivity contribution in [3.05, 3.63) is 36.0 Å². The Morgan fingerprint density at radius 3 is 2.75 bits per heavy atom. The summed E-state index contributed by atoms with van der Waals surface area (Å²) in [6, 6.07) is 9.73. The van der Waals surface area contributed by atoms with Crippen LogP contribution in [0.2, 0.25) is 0 Å². The zero-order chi connectivity index (χ0) is 14.5. The summed E-state index contributed by atoms with van der Waals surface area (Å²) in [5.74, 6) is -0.506. The topological polar surface area (TPSA) is 60.3 Å². The smallest absolute Gasteiger partial charge is 0.307 e. The Labute approximate surface area is 117 Å². The van der Waals surface area contributed by atoms with Gasteiger partial charge in [-0.05, 0) is 19.1 Å². The third-order valence-corrected chi connectivity index (χ3v) is 3.20. The van der Waals surface area contributed by atoms with E-state index < -0.39 is 0 Å². The number of methoxy groups -OCH3 is 1. The average molecular weight is 274 g/mol. The molecule has 106 valence electrons. The second-order valence-electron chi connectivity index (χ2n) is 4.41. The molecule has 1 aromatic heterocycles. The lowest BCUT2D eigenvalue weighted by atomic mass is 10.2. The van der Waals surface area contributed by atoms with Gasteiger partial charge < -0.3 is 14.6 Å². The van der Waals surface area contributed by atoms with E-state index in [-0.39, 0.29) is 24.8 Å². The lowest BCUT2D eigenvalue weighted by Crippen LogP contribution is -2.28. The highest BCUT2D eigenvalue weighted by molar-refractivity contribution is 5.98. The van der Waals surface area contributed by atoms with Crippen molar-refractivity contribution in [2.24, 2.45) is 0 Å². The Bertz CT molecular complexity index is 631. The Hall–Kier alpha value is -2.30. The van der Waals surface area contributed by atoms with Crippen LogP contribution in [-0.2, 0) is 16.1 Å². The molecule has 5 heteroatoms. The largest absolute Gasteiger partial charge is 0.469 e. The van der Waals surface area contributed by atoms with Crippen LogP contribution in [0.15, 0.2) is 30.3 Å². The first-order valence-electron chi connectivity index (χ1n) is 6.60. The monoisotopic (exact) mass is 274 g/mol. The fourth-order valence-corrected chi connectivity index (χ4v) is 2.21. The molecule has 0 fully saturated rings. The minimum atomic E-state index is -0.332. The summed E-state index contributed by atoms with van der Waals surface area (Å²) in [7, 11) is 1.33. The van der Waals surface area contributed by atoms with Crippen molar-refractivity contribution in [1.29, 1.82) is 0 Å². The van der Waals surface area contributed by atoms with E-state index in [1.54, 1.807) is 0 Å². The van der Waals surface area contributed by atoms with Gasteiger partial charge in [0, 0.05) is 24.0 Å². The molecule has 0 spiro atoms. The number of nitrogens with one attached hydrogen (secondary N) is 1.